The van der Waals surface area contributed by atoms with Crippen LogP contribution in [0.2, 0.25) is 0 Å². The average Bonchev–Trinajstić information content (AvgIpc) is 2.81. The fourth-order valence-electron chi connectivity index (χ4n) is 2.85. The summed E-state index contributed by atoms with van der Waals surface area (Å²) in [6.07, 6.45) is 1.65. The van der Waals surface area contributed by atoms with Gasteiger partial charge in [0.05, 0.1) is 7.11 Å². The fourth-order valence-corrected chi connectivity index (χ4v) is 2.85. The largest absolute Gasteiger partial charge is 0.485 e. The van der Waals surface area contributed by atoms with Crippen molar-refractivity contribution in [2.45, 2.75) is 32.6 Å². The van der Waals surface area contributed by atoms with Crippen LogP contribution < -0.4 is 9.47 Å². The summed E-state index contributed by atoms with van der Waals surface area (Å²) in [5.74, 6) is 0.857. The van der Waals surface area contributed by atoms with E-state index in [-0.39, 0.29) is 0 Å². The molecular weight excluding hydrogens is 390 g/mol. The van der Waals surface area contributed by atoms with Crippen LogP contribution in [0.15, 0.2) is 83.9 Å². The van der Waals surface area contributed by atoms with E-state index in [4.69, 9.17) is 14.2 Å². The van der Waals surface area contributed by atoms with Crippen molar-refractivity contribution in [1.29, 1.82) is 0 Å². The summed E-state index contributed by atoms with van der Waals surface area (Å²) >= 11 is 0. The number of benzene rings is 3. The van der Waals surface area contributed by atoms with Gasteiger partial charge in [-0.3, -0.25) is 4.99 Å². The summed E-state index contributed by atoms with van der Waals surface area (Å²) in [4.78, 5) is 16.3. The molecule has 0 aliphatic carbocycles. The number of carbonyl (C=O) groups excluding carboxylic acids is 1. The van der Waals surface area contributed by atoms with Crippen molar-refractivity contribution in [2.75, 3.05) is 7.11 Å². The lowest BCUT2D eigenvalue weighted by atomic mass is 10.1. The van der Waals surface area contributed by atoms with E-state index in [0.29, 0.717) is 24.7 Å². The SMILES string of the molecule is COC(=O)C(C)(C)/N=C/c1ccc(OCc2ccccc2)c(OCc2ccccc2)c1. The van der Waals surface area contributed by atoms with E-state index in [1.165, 1.54) is 7.11 Å². The molecule has 5 heteroatoms. The molecule has 31 heavy (non-hydrogen) atoms. The number of carbonyl (C=O) groups is 1. The van der Waals surface area contributed by atoms with Crippen molar-refractivity contribution in [3.8, 4) is 11.5 Å². The first kappa shape index (κ1) is 22.1. The van der Waals surface area contributed by atoms with E-state index in [9.17, 15) is 4.79 Å². The molecule has 0 fully saturated rings. The summed E-state index contributed by atoms with van der Waals surface area (Å²) < 4.78 is 16.9. The first-order chi connectivity index (χ1) is 15.0. The molecule has 3 aromatic carbocycles. The van der Waals surface area contributed by atoms with E-state index < -0.39 is 11.5 Å². The number of rotatable bonds is 9. The highest BCUT2D eigenvalue weighted by Gasteiger charge is 2.26. The Hall–Kier alpha value is -3.60. The van der Waals surface area contributed by atoms with Gasteiger partial charge < -0.3 is 14.2 Å². The van der Waals surface area contributed by atoms with E-state index >= 15 is 0 Å². The van der Waals surface area contributed by atoms with Crippen molar-refractivity contribution in [1.82, 2.24) is 0 Å². The van der Waals surface area contributed by atoms with Crippen molar-refractivity contribution < 1.29 is 19.0 Å². The number of nitrogens with zero attached hydrogens (tertiary/aromatic N) is 1. The lowest BCUT2D eigenvalue weighted by molar-refractivity contribution is -0.145. The highest BCUT2D eigenvalue weighted by Crippen LogP contribution is 2.30. The van der Waals surface area contributed by atoms with Crippen molar-refractivity contribution in [3.05, 3.63) is 95.6 Å². The number of hydrogen-bond donors (Lipinski definition) is 0. The molecule has 0 saturated carbocycles. The minimum atomic E-state index is -0.970. The van der Waals surface area contributed by atoms with Gasteiger partial charge in [-0.2, -0.15) is 0 Å². The van der Waals surface area contributed by atoms with Crippen LogP contribution in [-0.4, -0.2) is 24.8 Å². The molecule has 0 aliphatic rings. The number of methoxy groups -OCH3 is 1. The van der Waals surface area contributed by atoms with Crippen molar-refractivity contribution >= 4 is 12.2 Å². The minimum Gasteiger partial charge on any atom is -0.485 e. The molecule has 0 aliphatic heterocycles. The second-order valence-electron chi connectivity index (χ2n) is 7.56. The van der Waals surface area contributed by atoms with Crippen LogP contribution >= 0.6 is 0 Å². The first-order valence-corrected chi connectivity index (χ1v) is 10.1. The van der Waals surface area contributed by atoms with Crippen LogP contribution in [0.3, 0.4) is 0 Å². The van der Waals surface area contributed by atoms with Gasteiger partial charge in [0.15, 0.2) is 17.0 Å². The van der Waals surface area contributed by atoms with Crippen LogP contribution in [0.4, 0.5) is 0 Å². The zero-order valence-corrected chi connectivity index (χ0v) is 18.1. The van der Waals surface area contributed by atoms with E-state index in [2.05, 4.69) is 4.99 Å². The Kier molecular flexibility index (Phi) is 7.44. The molecule has 3 aromatic rings. The molecule has 0 amide bonds. The van der Waals surface area contributed by atoms with E-state index in [1.54, 1.807) is 20.1 Å². The molecule has 0 N–H and O–H groups in total. The number of esters is 1. The number of aliphatic imine (C=N–C) groups is 1. The Morgan fingerprint density at radius 3 is 1.94 bits per heavy atom. The molecule has 5 nitrogen and oxygen atoms in total. The number of hydrogen-bond acceptors (Lipinski definition) is 5. The second-order valence-corrected chi connectivity index (χ2v) is 7.56. The van der Waals surface area contributed by atoms with Gasteiger partial charge >= 0.3 is 5.97 Å². The maximum atomic E-state index is 11.9. The van der Waals surface area contributed by atoms with E-state index in [1.807, 2.05) is 78.9 Å². The van der Waals surface area contributed by atoms with Crippen LogP contribution in [0.25, 0.3) is 0 Å². The summed E-state index contributed by atoms with van der Waals surface area (Å²) in [5.41, 5.74) is 1.96. The molecule has 3 rings (SSSR count). The highest BCUT2D eigenvalue weighted by atomic mass is 16.5. The van der Waals surface area contributed by atoms with Crippen LogP contribution in [0, 0.1) is 0 Å². The Bertz CT molecular complexity index is 1010. The molecule has 0 aromatic heterocycles. The minimum absolute atomic E-state index is 0.396. The highest BCUT2D eigenvalue weighted by molar-refractivity contribution is 5.86. The Labute approximate surface area is 183 Å². The predicted octanol–water partition coefficient (Wildman–Crippen LogP) is 5.22. The number of ether oxygens (including phenoxy) is 3. The lowest BCUT2D eigenvalue weighted by Gasteiger charge is -2.16. The molecule has 0 spiro atoms. The van der Waals surface area contributed by atoms with Crippen molar-refractivity contribution in [3.63, 3.8) is 0 Å². The summed E-state index contributed by atoms with van der Waals surface area (Å²) in [6.45, 7) is 4.26. The zero-order valence-electron chi connectivity index (χ0n) is 18.1. The Morgan fingerprint density at radius 1 is 0.839 bits per heavy atom. The summed E-state index contributed by atoms with van der Waals surface area (Å²) in [7, 11) is 1.36. The van der Waals surface area contributed by atoms with Crippen LogP contribution in [0.1, 0.15) is 30.5 Å². The normalized spacial score (nSPS) is 11.3. The third kappa shape index (κ3) is 6.44. The van der Waals surface area contributed by atoms with E-state index in [0.717, 1.165) is 16.7 Å². The third-order valence-electron chi connectivity index (χ3n) is 4.66. The zero-order chi connectivity index (χ0) is 22.1. The Balaban J connectivity index is 1.80. The summed E-state index contributed by atoms with van der Waals surface area (Å²) in [6, 6.07) is 25.5. The fraction of sp³-hybridized carbons (Fsp3) is 0.231. The standard InChI is InChI=1S/C26H27NO4/c1-26(2,25(28)29-3)27-17-22-14-15-23(30-18-20-10-6-4-7-11-20)24(16-22)31-19-21-12-8-5-9-13-21/h4-17H,18-19H2,1-3H3/b27-17+. The monoisotopic (exact) mass is 417 g/mol. The molecule has 0 radical (unpaired) electrons. The molecule has 0 bridgehead atoms. The lowest BCUT2D eigenvalue weighted by Crippen LogP contribution is -2.30. The van der Waals surface area contributed by atoms with Gasteiger partial charge in [0.1, 0.15) is 13.2 Å². The predicted molar refractivity (Wildman–Crippen MR) is 122 cm³/mol. The maximum Gasteiger partial charge on any atom is 0.333 e. The molecule has 0 saturated heterocycles. The third-order valence-corrected chi connectivity index (χ3v) is 4.66. The Morgan fingerprint density at radius 2 is 1.39 bits per heavy atom. The molecular formula is C26H27NO4. The quantitative estimate of drug-likeness (QED) is 0.354. The van der Waals surface area contributed by atoms with Gasteiger partial charge in [-0.1, -0.05) is 60.7 Å². The van der Waals surface area contributed by atoms with Gasteiger partial charge in [-0.05, 0) is 48.7 Å². The van der Waals surface area contributed by atoms with Gasteiger partial charge in [0.2, 0.25) is 0 Å². The topological polar surface area (TPSA) is 57.1 Å². The first-order valence-electron chi connectivity index (χ1n) is 10.1. The molecule has 0 heterocycles. The van der Waals surface area contributed by atoms with Gasteiger partial charge in [0, 0.05) is 6.21 Å². The van der Waals surface area contributed by atoms with Crippen LogP contribution in [-0.2, 0) is 22.7 Å². The summed E-state index contributed by atoms with van der Waals surface area (Å²) in [5, 5.41) is 0. The molecule has 0 atom stereocenters. The average molecular weight is 418 g/mol. The molecule has 160 valence electrons. The molecule has 0 unspecified atom stereocenters. The van der Waals surface area contributed by atoms with Gasteiger partial charge in [0.25, 0.3) is 0 Å². The van der Waals surface area contributed by atoms with Crippen LogP contribution in [0.5, 0.6) is 11.5 Å². The second kappa shape index (κ2) is 10.4. The smallest absolute Gasteiger partial charge is 0.333 e. The maximum absolute atomic E-state index is 11.9. The van der Waals surface area contributed by atoms with Gasteiger partial charge in [-0.25, -0.2) is 4.79 Å². The van der Waals surface area contributed by atoms with Crippen molar-refractivity contribution in [2.24, 2.45) is 4.99 Å². The van der Waals surface area contributed by atoms with Gasteiger partial charge in [-0.15, -0.1) is 0 Å².